The molecule has 1 aliphatic rings. The molecule has 8 heteroatoms. The van der Waals surface area contributed by atoms with Gasteiger partial charge in [-0.05, 0) is 17.7 Å². The summed E-state index contributed by atoms with van der Waals surface area (Å²) in [5.41, 5.74) is 0.876. The van der Waals surface area contributed by atoms with Crippen LogP contribution in [0.2, 0.25) is 0 Å². The zero-order valence-electron chi connectivity index (χ0n) is 15.7. The van der Waals surface area contributed by atoms with Crippen LogP contribution in [0, 0.1) is 0 Å². The monoisotopic (exact) mass is 373 g/mol. The minimum absolute atomic E-state index is 0.0463. The maximum Gasteiger partial charge on any atom is 0.235 e. The van der Waals surface area contributed by atoms with Gasteiger partial charge in [-0.3, -0.25) is 9.78 Å². The number of carbonyl (C=O) groups excluding carboxylic acids is 1. The summed E-state index contributed by atoms with van der Waals surface area (Å²) in [5, 5.41) is 0. The third-order valence-electron chi connectivity index (χ3n) is 4.39. The minimum atomic E-state index is -0.110. The second-order valence-electron chi connectivity index (χ2n) is 6.13. The van der Waals surface area contributed by atoms with Crippen LogP contribution in [0.25, 0.3) is 0 Å². The number of methoxy groups -OCH3 is 3. The standard InChI is InChI=1S/C19H23N3O5/c1-24-15-5-4-13(8-16(15)25-2)9-19(23)22-7-6-14(12-22)27-18-11-20-10-17(21-18)26-3/h4-5,8,10-11,14H,6-7,9,12H2,1-3H3. The first kappa shape index (κ1) is 18.8. The van der Waals surface area contributed by atoms with E-state index in [1.54, 1.807) is 25.2 Å². The average molecular weight is 373 g/mol. The van der Waals surface area contributed by atoms with E-state index < -0.39 is 0 Å². The summed E-state index contributed by atoms with van der Waals surface area (Å²) in [4.78, 5) is 22.6. The summed E-state index contributed by atoms with van der Waals surface area (Å²) in [6.07, 6.45) is 3.99. The van der Waals surface area contributed by atoms with Gasteiger partial charge < -0.3 is 23.8 Å². The van der Waals surface area contributed by atoms with Crippen LogP contribution in [-0.4, -0.2) is 61.3 Å². The lowest BCUT2D eigenvalue weighted by Crippen LogP contribution is -2.32. The lowest BCUT2D eigenvalue weighted by atomic mass is 10.1. The van der Waals surface area contributed by atoms with Gasteiger partial charge in [-0.15, -0.1) is 0 Å². The smallest absolute Gasteiger partial charge is 0.235 e. The summed E-state index contributed by atoms with van der Waals surface area (Å²) in [6.45, 7) is 1.17. The minimum Gasteiger partial charge on any atom is -0.493 e. The van der Waals surface area contributed by atoms with Gasteiger partial charge in [-0.2, -0.15) is 4.98 Å². The van der Waals surface area contributed by atoms with Crippen molar-refractivity contribution in [2.75, 3.05) is 34.4 Å². The number of hydrogen-bond acceptors (Lipinski definition) is 7. The summed E-state index contributed by atoms with van der Waals surface area (Å²) in [7, 11) is 4.69. The Morgan fingerprint density at radius 1 is 1.11 bits per heavy atom. The van der Waals surface area contributed by atoms with Crippen molar-refractivity contribution in [3.63, 3.8) is 0 Å². The van der Waals surface area contributed by atoms with E-state index in [0.717, 1.165) is 12.0 Å². The van der Waals surface area contributed by atoms with Crippen LogP contribution >= 0.6 is 0 Å². The quantitative estimate of drug-likeness (QED) is 0.731. The highest BCUT2D eigenvalue weighted by atomic mass is 16.5. The third-order valence-corrected chi connectivity index (χ3v) is 4.39. The first-order chi connectivity index (χ1) is 13.1. The molecule has 0 aliphatic carbocycles. The number of benzene rings is 1. The largest absolute Gasteiger partial charge is 0.493 e. The SMILES string of the molecule is COc1cncc(OC2CCN(C(=O)Cc3ccc(OC)c(OC)c3)C2)n1. The Bertz CT molecular complexity index is 799. The molecule has 0 spiro atoms. The van der Waals surface area contributed by atoms with Crippen LogP contribution in [0.15, 0.2) is 30.6 Å². The number of rotatable bonds is 7. The molecule has 0 N–H and O–H groups in total. The van der Waals surface area contributed by atoms with Gasteiger partial charge in [0.2, 0.25) is 17.7 Å². The van der Waals surface area contributed by atoms with E-state index in [2.05, 4.69) is 9.97 Å². The average Bonchev–Trinajstić information content (AvgIpc) is 3.16. The molecular weight excluding hydrogens is 350 g/mol. The molecule has 1 atom stereocenters. The van der Waals surface area contributed by atoms with Crippen molar-refractivity contribution < 1.29 is 23.7 Å². The molecule has 0 radical (unpaired) electrons. The molecule has 0 saturated carbocycles. The first-order valence-electron chi connectivity index (χ1n) is 8.64. The van der Waals surface area contributed by atoms with Crippen LogP contribution in [0.3, 0.4) is 0 Å². The van der Waals surface area contributed by atoms with E-state index in [0.29, 0.717) is 42.8 Å². The molecule has 27 heavy (non-hydrogen) atoms. The normalized spacial score (nSPS) is 16.1. The predicted molar refractivity (Wildman–Crippen MR) is 97.4 cm³/mol. The van der Waals surface area contributed by atoms with Gasteiger partial charge in [0.15, 0.2) is 11.5 Å². The van der Waals surface area contributed by atoms with Gasteiger partial charge in [0.25, 0.3) is 0 Å². The maximum absolute atomic E-state index is 12.6. The Hall–Kier alpha value is -3.03. The Balaban J connectivity index is 1.57. The molecular formula is C19H23N3O5. The Morgan fingerprint density at radius 3 is 2.63 bits per heavy atom. The van der Waals surface area contributed by atoms with E-state index in [9.17, 15) is 4.79 Å². The summed E-state index contributed by atoms with van der Waals surface area (Å²) in [5.74, 6) is 2.09. The van der Waals surface area contributed by atoms with Gasteiger partial charge in [0, 0.05) is 13.0 Å². The number of carbonyl (C=O) groups is 1. The van der Waals surface area contributed by atoms with Gasteiger partial charge in [-0.1, -0.05) is 6.07 Å². The zero-order valence-corrected chi connectivity index (χ0v) is 15.7. The highest BCUT2D eigenvalue weighted by molar-refractivity contribution is 5.79. The van der Waals surface area contributed by atoms with Crippen LogP contribution in [0.1, 0.15) is 12.0 Å². The lowest BCUT2D eigenvalue weighted by Gasteiger charge is -2.17. The van der Waals surface area contributed by atoms with E-state index in [4.69, 9.17) is 18.9 Å². The van der Waals surface area contributed by atoms with Crippen LogP contribution in [-0.2, 0) is 11.2 Å². The molecule has 144 valence electrons. The number of likely N-dealkylation sites (tertiary alicyclic amines) is 1. The third kappa shape index (κ3) is 4.58. The number of amides is 1. The second-order valence-corrected chi connectivity index (χ2v) is 6.13. The number of aromatic nitrogens is 2. The molecule has 1 aromatic heterocycles. The van der Waals surface area contributed by atoms with Gasteiger partial charge in [0.1, 0.15) is 6.10 Å². The molecule has 1 amide bonds. The predicted octanol–water partition coefficient (Wildman–Crippen LogP) is 1.72. The lowest BCUT2D eigenvalue weighted by molar-refractivity contribution is -0.129. The number of nitrogens with zero attached hydrogens (tertiary/aromatic N) is 3. The number of ether oxygens (including phenoxy) is 4. The van der Waals surface area contributed by atoms with Crippen molar-refractivity contribution in [1.29, 1.82) is 0 Å². The van der Waals surface area contributed by atoms with E-state index >= 15 is 0 Å². The molecule has 3 rings (SSSR count). The summed E-state index contributed by atoms with van der Waals surface area (Å²) in [6, 6.07) is 5.50. The second kappa shape index (κ2) is 8.57. The topological polar surface area (TPSA) is 83.0 Å². The van der Waals surface area contributed by atoms with Crippen molar-refractivity contribution in [2.24, 2.45) is 0 Å². The Kier molecular flexibility index (Phi) is 5.95. The zero-order chi connectivity index (χ0) is 19.2. The molecule has 2 heterocycles. The van der Waals surface area contributed by atoms with Gasteiger partial charge >= 0.3 is 0 Å². The van der Waals surface area contributed by atoms with E-state index in [1.807, 2.05) is 12.1 Å². The molecule has 2 aromatic rings. The molecule has 1 saturated heterocycles. The molecule has 0 bridgehead atoms. The van der Waals surface area contributed by atoms with Crippen molar-refractivity contribution >= 4 is 5.91 Å². The molecule has 1 aromatic carbocycles. The molecule has 1 aliphatic heterocycles. The summed E-state index contributed by atoms with van der Waals surface area (Å²) < 4.78 is 21.4. The van der Waals surface area contributed by atoms with E-state index in [1.165, 1.54) is 19.5 Å². The fourth-order valence-corrected chi connectivity index (χ4v) is 2.98. The van der Waals surface area contributed by atoms with Crippen molar-refractivity contribution in [1.82, 2.24) is 14.9 Å². The van der Waals surface area contributed by atoms with Crippen molar-refractivity contribution in [2.45, 2.75) is 18.9 Å². The fraction of sp³-hybridized carbons (Fsp3) is 0.421. The molecule has 8 nitrogen and oxygen atoms in total. The van der Waals surface area contributed by atoms with Crippen LogP contribution in [0.5, 0.6) is 23.3 Å². The Labute approximate surface area is 158 Å². The molecule has 1 fully saturated rings. The van der Waals surface area contributed by atoms with Crippen LogP contribution in [0.4, 0.5) is 0 Å². The van der Waals surface area contributed by atoms with Crippen molar-refractivity contribution in [3.05, 3.63) is 36.2 Å². The molecule has 1 unspecified atom stereocenters. The van der Waals surface area contributed by atoms with E-state index in [-0.39, 0.29) is 12.0 Å². The Morgan fingerprint density at radius 2 is 1.89 bits per heavy atom. The van der Waals surface area contributed by atoms with Crippen molar-refractivity contribution in [3.8, 4) is 23.3 Å². The maximum atomic E-state index is 12.6. The number of hydrogen-bond donors (Lipinski definition) is 0. The van der Waals surface area contributed by atoms with Gasteiger partial charge in [0.05, 0.1) is 46.7 Å². The summed E-state index contributed by atoms with van der Waals surface area (Å²) >= 11 is 0. The van der Waals surface area contributed by atoms with Gasteiger partial charge in [-0.25, -0.2) is 0 Å². The van der Waals surface area contributed by atoms with Crippen LogP contribution < -0.4 is 18.9 Å². The fourth-order valence-electron chi connectivity index (χ4n) is 2.98. The highest BCUT2D eigenvalue weighted by Crippen LogP contribution is 2.28. The first-order valence-corrected chi connectivity index (χ1v) is 8.64. The highest BCUT2D eigenvalue weighted by Gasteiger charge is 2.28.